The van der Waals surface area contributed by atoms with Gasteiger partial charge in [0.05, 0.1) is 0 Å². The van der Waals surface area contributed by atoms with Crippen LogP contribution >= 0.6 is 0 Å². The zero-order valence-electron chi connectivity index (χ0n) is 8.90. The molecule has 0 bridgehead atoms. The van der Waals surface area contributed by atoms with Crippen LogP contribution in [0.25, 0.3) is 0 Å². The first-order valence-corrected chi connectivity index (χ1v) is 2.00. The largest absolute Gasteiger partial charge is 0.358 e. The van der Waals surface area contributed by atoms with E-state index in [0.29, 0.717) is 0 Å². The van der Waals surface area contributed by atoms with Gasteiger partial charge >= 0.3 is 0 Å². The summed E-state index contributed by atoms with van der Waals surface area (Å²) < 4.78 is 0. The van der Waals surface area contributed by atoms with E-state index < -0.39 is 0 Å². The van der Waals surface area contributed by atoms with E-state index in [9.17, 15) is 0 Å². The van der Waals surface area contributed by atoms with Crippen LogP contribution in [0.2, 0.25) is 0 Å². The number of rotatable bonds is 0. The van der Waals surface area contributed by atoms with Crippen molar-refractivity contribution in [2.75, 3.05) is 0 Å². The number of hydrogen-bond donors (Lipinski definition) is 0. The monoisotopic (exact) mass is 1660 g/mol. The van der Waals surface area contributed by atoms with E-state index in [0.717, 1.165) is 0 Å². The second-order valence-corrected chi connectivity index (χ2v) is 0. The Hall–Kier alpha value is -6.00. The van der Waals surface area contributed by atoms with Crippen molar-refractivity contribution in [3.8, 4) is 0 Å². The van der Waals surface area contributed by atoms with Gasteiger partial charge in [-0.3, -0.25) is 0 Å². The van der Waals surface area contributed by atoms with E-state index in [2.05, 4.69) is 0 Å². The molecule has 0 aromatic heterocycles. The van der Waals surface area contributed by atoms with Crippen LogP contribution in [0.1, 0.15) is 57.4 Å². The summed E-state index contributed by atoms with van der Waals surface area (Å²) in [5.41, 5.74) is 0. The van der Waals surface area contributed by atoms with Crippen LogP contribution < -0.4 is 0 Å². The third kappa shape index (κ3) is 17.8. The summed E-state index contributed by atoms with van der Waals surface area (Å²) in [7, 11) is 0. The molecule has 6 heteroatoms. The van der Waals surface area contributed by atoms with E-state index in [4.69, 9.17) is 0 Å². The Morgan fingerprint density at radius 2 is 0.294 bits per heavy atom. The summed E-state index contributed by atoms with van der Waals surface area (Å²) >= 11 is 0. The molecule has 0 amide bonds. The topological polar surface area (TPSA) is 0 Å². The fraction of sp³-hybridized carbons (Fsp3) is 0.727. The van der Waals surface area contributed by atoms with Crippen LogP contribution in [0.3, 0.4) is 0 Å². The Bertz CT molecular complexity index is 15.9. The van der Waals surface area contributed by atoms with E-state index >= 15 is 0 Å². The summed E-state index contributed by atoms with van der Waals surface area (Å²) in [6, 6.07) is 0. The standard InChI is InChI=1S/2C2H6.4CH4.3CH3.6Cf/c2*1-2;;;;;;;;;;;;;/h2*1-2H3;4*1H4;3*1H3;;;;;;/q;;;;;;3*-1;;;;;;. The molecule has 144 valence electrons. The summed E-state index contributed by atoms with van der Waals surface area (Å²) in [5.74, 6) is 0. The minimum absolute atomic E-state index is 0. The second kappa shape index (κ2) is 22.5. The molecule has 0 saturated carbocycles. The minimum atomic E-state index is 0. The molecule has 0 spiro atoms. The van der Waals surface area contributed by atoms with Crippen LogP contribution in [0.4, 0.5) is 0 Å². The van der Waals surface area contributed by atoms with Gasteiger partial charge in [0.2, 0.25) is 0 Å². The third-order valence-electron chi connectivity index (χ3n) is 0. The van der Waals surface area contributed by atoms with Crippen LogP contribution in [-0.2, 0) is 0 Å². The third-order valence-corrected chi connectivity index (χ3v) is 0. The molecule has 0 rings (SSSR count). The van der Waals surface area contributed by atoms with Gasteiger partial charge in [-0.05, 0) is 0 Å². The summed E-state index contributed by atoms with van der Waals surface area (Å²) in [6.45, 7) is 8.00. The second-order valence-electron chi connectivity index (χ2n) is 0. The van der Waals surface area contributed by atoms with E-state index in [1.807, 2.05) is 27.7 Å². The molecule has 17 heavy (non-hydrogen) atoms. The average Bonchev–Trinajstić information content (AvgIpc) is 1.50. The molecule has 0 N–H and O–H groups in total. The first-order chi connectivity index (χ1) is 2.00. The van der Waals surface area contributed by atoms with Gasteiger partial charge in [0.1, 0.15) is 0 Å². The van der Waals surface area contributed by atoms with Crippen LogP contribution in [-0.4, -0.2) is 0 Å². The maximum Gasteiger partial charge on any atom is 0 e. The molecule has 0 nitrogen and oxygen atoms in total. The van der Waals surface area contributed by atoms with Gasteiger partial charge in [-0.1, -0.05) is 57.4 Å². The molecule has 0 fully saturated rings. The molecular formula is C11H37Cf6-3. The van der Waals surface area contributed by atoms with Gasteiger partial charge in [-0.2, -0.15) is 0 Å². The van der Waals surface area contributed by atoms with E-state index in [1.165, 1.54) is 0 Å². The van der Waals surface area contributed by atoms with E-state index in [-0.39, 0.29) is 52.0 Å². The van der Waals surface area contributed by atoms with Gasteiger partial charge in [-0.25, -0.2) is 0 Å². The van der Waals surface area contributed by atoms with Gasteiger partial charge < -0.3 is 22.3 Å². The van der Waals surface area contributed by atoms with E-state index in [1.54, 1.807) is 0 Å². The van der Waals surface area contributed by atoms with Crippen molar-refractivity contribution in [1.29, 1.82) is 0 Å². The maximum absolute atomic E-state index is 2.00. The molecule has 0 heterocycles. The van der Waals surface area contributed by atoms with Crippen molar-refractivity contribution in [2.45, 2.75) is 57.4 Å². The average molecular weight is 1680 g/mol. The first kappa shape index (κ1) is 68.8. The Labute approximate surface area is 80.4 Å². The van der Waals surface area contributed by atoms with Crippen molar-refractivity contribution in [3.63, 3.8) is 0 Å². The predicted octanol–water partition coefficient (Wildman–Crippen LogP) is 5.95. The van der Waals surface area contributed by atoms with Crippen molar-refractivity contribution < 1.29 is 0 Å². The molecule has 0 aromatic rings. The SMILES string of the molecule is C.C.C.C.CC.CC.[CH3-].[CH3-].[CH3-].[Cf].[Cf].[Cf].[Cf].[Cf].[Cf]. The molecule has 0 aliphatic carbocycles. The fourth-order valence-corrected chi connectivity index (χ4v) is 0. The van der Waals surface area contributed by atoms with Gasteiger partial charge in [0, 0.05) is 0 Å². The van der Waals surface area contributed by atoms with Gasteiger partial charge in [-0.15, -0.1) is 0 Å². The maximum atomic E-state index is 2.00. The molecule has 0 aromatic carbocycles. The normalized spacial score (nSPS) is 0.706. The zero-order valence-corrected chi connectivity index (χ0v) is 24.7. The Balaban J connectivity index is -0.000000000205. The van der Waals surface area contributed by atoms with Crippen LogP contribution in [0.15, 0.2) is 0 Å². The molecule has 0 aliphatic rings. The minimum Gasteiger partial charge on any atom is -0.358 e. The summed E-state index contributed by atoms with van der Waals surface area (Å²) in [4.78, 5) is 0. The van der Waals surface area contributed by atoms with Crippen molar-refractivity contribution in [2.24, 2.45) is 0 Å². The van der Waals surface area contributed by atoms with Crippen molar-refractivity contribution >= 4 is 0 Å². The Kier molecular flexibility index (Phi) is 91.0. The van der Waals surface area contributed by atoms with Crippen molar-refractivity contribution in [1.82, 2.24) is 0 Å². The summed E-state index contributed by atoms with van der Waals surface area (Å²) in [5, 5.41) is 0. The molecule has 0 unspecified atom stereocenters. The molecular weight excluding hydrogens is 1640 g/mol. The van der Waals surface area contributed by atoms with Crippen LogP contribution in [0.5, 0.6) is 0 Å². The first-order valence-electron chi connectivity index (χ1n) is 2.00. The molecule has 0 aliphatic heterocycles. The fourth-order valence-electron chi connectivity index (χ4n) is 0. The number of hydrogen-bond acceptors (Lipinski definition) is 0. The van der Waals surface area contributed by atoms with Crippen LogP contribution in [0, 0.1) is 22.3 Å². The quantitative estimate of drug-likeness (QED) is 0.264. The van der Waals surface area contributed by atoms with Gasteiger partial charge in [0.25, 0.3) is 0 Å². The van der Waals surface area contributed by atoms with Crippen molar-refractivity contribution in [3.05, 3.63) is 22.3 Å². The molecule has 0 saturated heterocycles. The smallest absolute Gasteiger partial charge is 0 e. The molecule has 0 radical (unpaired) electrons. The Morgan fingerprint density at radius 1 is 0.294 bits per heavy atom. The Morgan fingerprint density at radius 3 is 0.294 bits per heavy atom. The zero-order chi connectivity index (χ0) is 4.00. The predicted molar refractivity (Wildman–Crippen MR) is 68.9 cm³/mol. The molecule has 0 atom stereocenters. The summed E-state index contributed by atoms with van der Waals surface area (Å²) in [6.07, 6.45) is 0. The van der Waals surface area contributed by atoms with Gasteiger partial charge in [0.15, 0.2) is 0 Å².